The van der Waals surface area contributed by atoms with Crippen LogP contribution in [-0.4, -0.2) is 18.9 Å². The summed E-state index contributed by atoms with van der Waals surface area (Å²) in [7, 11) is 0. The molecule has 0 unspecified atom stereocenters. The summed E-state index contributed by atoms with van der Waals surface area (Å²) in [5.41, 5.74) is 0.852. The molecule has 0 aliphatic carbocycles. The minimum Gasteiger partial charge on any atom is -0.363 e. The number of carbonyl (C=O) groups excluding carboxylic acids is 1. The lowest BCUT2D eigenvalue weighted by Gasteiger charge is -2.18. The molecule has 0 amide bonds. The summed E-state index contributed by atoms with van der Waals surface area (Å²) in [4.78, 5) is 13.1. The van der Waals surface area contributed by atoms with Gasteiger partial charge in [0, 0.05) is 18.0 Å². The first-order chi connectivity index (χ1) is 6.66. The molecule has 74 valence electrons. The largest absolute Gasteiger partial charge is 0.363 e. The average molecular weight is 230 g/mol. The van der Waals surface area contributed by atoms with Crippen LogP contribution in [0.25, 0.3) is 0 Å². The Bertz CT molecular complexity index is 378. The highest BCUT2D eigenvalue weighted by atomic mass is 35.5. The number of carbonyl (C=O) groups is 1. The molecule has 0 N–H and O–H groups in total. The summed E-state index contributed by atoms with van der Waals surface area (Å²) in [6.45, 7) is 1.18. The third-order valence-electron chi connectivity index (χ3n) is 2.28. The van der Waals surface area contributed by atoms with Gasteiger partial charge in [0.05, 0.1) is 17.3 Å². The van der Waals surface area contributed by atoms with Gasteiger partial charge >= 0.3 is 0 Å². The molecule has 0 radical (unpaired) electrons. The Morgan fingerprint density at radius 2 is 2.07 bits per heavy atom. The lowest BCUT2D eigenvalue weighted by molar-refractivity contribution is -0.116. The zero-order valence-corrected chi connectivity index (χ0v) is 8.98. The first kappa shape index (κ1) is 9.81. The number of nitrogens with zero attached hydrogens (tertiary/aromatic N) is 1. The van der Waals surface area contributed by atoms with Gasteiger partial charge in [0.15, 0.2) is 5.78 Å². The summed E-state index contributed by atoms with van der Waals surface area (Å²) >= 11 is 11.9. The fourth-order valence-electron chi connectivity index (χ4n) is 1.56. The lowest BCUT2D eigenvalue weighted by Crippen LogP contribution is -2.19. The fraction of sp³-hybridized carbons (Fsp3) is 0.300. The molecule has 0 bridgehead atoms. The van der Waals surface area contributed by atoms with Crippen LogP contribution in [0.5, 0.6) is 0 Å². The van der Waals surface area contributed by atoms with E-state index in [0.29, 0.717) is 23.0 Å². The molecular weight excluding hydrogens is 221 g/mol. The molecule has 1 heterocycles. The van der Waals surface area contributed by atoms with Crippen molar-refractivity contribution in [1.29, 1.82) is 0 Å². The number of rotatable bonds is 1. The first-order valence-electron chi connectivity index (χ1n) is 4.38. The molecule has 0 saturated carbocycles. The molecule has 14 heavy (non-hydrogen) atoms. The highest BCUT2D eigenvalue weighted by Crippen LogP contribution is 2.30. The number of ketones is 1. The van der Waals surface area contributed by atoms with E-state index in [4.69, 9.17) is 23.2 Å². The second-order valence-electron chi connectivity index (χ2n) is 3.31. The van der Waals surface area contributed by atoms with Crippen LogP contribution in [0.2, 0.25) is 10.0 Å². The number of anilines is 1. The van der Waals surface area contributed by atoms with Crippen LogP contribution in [-0.2, 0) is 4.79 Å². The van der Waals surface area contributed by atoms with Gasteiger partial charge in [0.2, 0.25) is 0 Å². The summed E-state index contributed by atoms with van der Waals surface area (Å²) in [6, 6.07) is 5.29. The Labute approximate surface area is 92.4 Å². The number of halogens is 2. The zero-order valence-electron chi connectivity index (χ0n) is 7.46. The standard InChI is InChI=1S/C10H9Cl2NO/c11-7-1-2-9(12)10(5-7)13-4-3-8(14)6-13/h1-2,5H,3-4,6H2. The van der Waals surface area contributed by atoms with Crippen molar-refractivity contribution in [1.82, 2.24) is 0 Å². The van der Waals surface area contributed by atoms with Crippen molar-refractivity contribution in [2.45, 2.75) is 6.42 Å². The van der Waals surface area contributed by atoms with Gasteiger partial charge in [-0.05, 0) is 18.2 Å². The van der Waals surface area contributed by atoms with Crippen molar-refractivity contribution in [2.24, 2.45) is 0 Å². The number of hydrogen-bond donors (Lipinski definition) is 0. The van der Waals surface area contributed by atoms with Crippen molar-refractivity contribution in [3.63, 3.8) is 0 Å². The van der Waals surface area contributed by atoms with E-state index in [1.165, 1.54) is 0 Å². The molecule has 1 aromatic carbocycles. The third-order valence-corrected chi connectivity index (χ3v) is 2.83. The SMILES string of the molecule is O=C1CCN(c2cc(Cl)ccc2Cl)C1. The van der Waals surface area contributed by atoms with E-state index in [1.807, 2.05) is 4.90 Å². The maximum absolute atomic E-state index is 11.1. The van der Waals surface area contributed by atoms with E-state index >= 15 is 0 Å². The van der Waals surface area contributed by atoms with Crippen molar-refractivity contribution >= 4 is 34.7 Å². The zero-order chi connectivity index (χ0) is 10.1. The molecule has 1 fully saturated rings. The second-order valence-corrected chi connectivity index (χ2v) is 4.15. The predicted octanol–water partition coefficient (Wildman–Crippen LogP) is 2.77. The van der Waals surface area contributed by atoms with E-state index < -0.39 is 0 Å². The molecule has 1 aliphatic rings. The topological polar surface area (TPSA) is 20.3 Å². The van der Waals surface area contributed by atoms with Gasteiger partial charge in [0.1, 0.15) is 0 Å². The monoisotopic (exact) mass is 229 g/mol. The Balaban J connectivity index is 2.31. The van der Waals surface area contributed by atoms with Crippen molar-refractivity contribution in [3.8, 4) is 0 Å². The van der Waals surface area contributed by atoms with E-state index in [2.05, 4.69) is 0 Å². The van der Waals surface area contributed by atoms with Gasteiger partial charge in [-0.2, -0.15) is 0 Å². The van der Waals surface area contributed by atoms with Crippen LogP contribution in [0.15, 0.2) is 18.2 Å². The molecule has 1 aliphatic heterocycles. The summed E-state index contributed by atoms with van der Waals surface area (Å²) in [5.74, 6) is 0.251. The summed E-state index contributed by atoms with van der Waals surface area (Å²) < 4.78 is 0. The normalized spacial score (nSPS) is 16.4. The molecule has 0 aromatic heterocycles. The van der Waals surface area contributed by atoms with Gasteiger partial charge in [0.25, 0.3) is 0 Å². The van der Waals surface area contributed by atoms with Crippen LogP contribution >= 0.6 is 23.2 Å². The highest BCUT2D eigenvalue weighted by Gasteiger charge is 2.21. The Hall–Kier alpha value is -0.730. The number of Topliss-reactive ketones (excluding diaryl/α,β-unsaturated/α-hetero) is 1. The molecule has 1 aromatic rings. The quantitative estimate of drug-likeness (QED) is 0.739. The predicted molar refractivity (Wildman–Crippen MR) is 58.3 cm³/mol. The fourth-order valence-corrected chi connectivity index (χ4v) is 1.97. The molecule has 0 spiro atoms. The average Bonchev–Trinajstić information content (AvgIpc) is 2.56. The van der Waals surface area contributed by atoms with Gasteiger partial charge in [-0.1, -0.05) is 23.2 Å². The van der Waals surface area contributed by atoms with E-state index in [0.717, 1.165) is 12.2 Å². The van der Waals surface area contributed by atoms with Crippen molar-refractivity contribution < 1.29 is 4.79 Å². The minimum absolute atomic E-state index is 0.251. The highest BCUT2D eigenvalue weighted by molar-refractivity contribution is 6.35. The molecular formula is C10H9Cl2NO. The first-order valence-corrected chi connectivity index (χ1v) is 5.14. The van der Waals surface area contributed by atoms with Crippen LogP contribution in [0.3, 0.4) is 0 Å². The molecule has 0 atom stereocenters. The van der Waals surface area contributed by atoms with Crippen LogP contribution in [0.4, 0.5) is 5.69 Å². The molecule has 1 saturated heterocycles. The minimum atomic E-state index is 0.251. The lowest BCUT2D eigenvalue weighted by atomic mass is 10.3. The molecule has 2 nitrogen and oxygen atoms in total. The Kier molecular flexibility index (Phi) is 2.66. The van der Waals surface area contributed by atoms with E-state index in [9.17, 15) is 4.79 Å². The molecule has 2 rings (SSSR count). The van der Waals surface area contributed by atoms with Gasteiger partial charge < -0.3 is 4.90 Å². The van der Waals surface area contributed by atoms with Gasteiger partial charge in [-0.3, -0.25) is 4.79 Å². The summed E-state index contributed by atoms with van der Waals surface area (Å²) in [6.07, 6.45) is 0.600. The van der Waals surface area contributed by atoms with Crippen molar-refractivity contribution in [3.05, 3.63) is 28.2 Å². The molecule has 4 heteroatoms. The van der Waals surface area contributed by atoms with Crippen LogP contribution in [0.1, 0.15) is 6.42 Å². The van der Waals surface area contributed by atoms with Crippen LogP contribution < -0.4 is 4.90 Å². The third kappa shape index (κ3) is 1.86. The maximum atomic E-state index is 11.1. The smallest absolute Gasteiger partial charge is 0.153 e. The maximum Gasteiger partial charge on any atom is 0.153 e. The van der Waals surface area contributed by atoms with Gasteiger partial charge in [-0.15, -0.1) is 0 Å². The number of hydrogen-bond acceptors (Lipinski definition) is 2. The van der Waals surface area contributed by atoms with E-state index in [-0.39, 0.29) is 5.78 Å². The Morgan fingerprint density at radius 1 is 1.29 bits per heavy atom. The Morgan fingerprint density at radius 3 is 2.71 bits per heavy atom. The van der Waals surface area contributed by atoms with Crippen molar-refractivity contribution in [2.75, 3.05) is 18.0 Å². The second kappa shape index (κ2) is 3.79. The number of benzene rings is 1. The summed E-state index contributed by atoms with van der Waals surface area (Å²) in [5, 5.41) is 1.29. The van der Waals surface area contributed by atoms with Gasteiger partial charge in [-0.25, -0.2) is 0 Å². The van der Waals surface area contributed by atoms with E-state index in [1.54, 1.807) is 18.2 Å². The van der Waals surface area contributed by atoms with Crippen LogP contribution in [0, 0.1) is 0 Å².